The van der Waals surface area contributed by atoms with Crippen molar-refractivity contribution in [2.45, 2.75) is 25.4 Å². The SMILES string of the molecule is COc1cc(-c2ccc3c(c2)Nc2ccc(CC(=O)N4CCCC(O)C4)cc2NC3=O)ccc1[N+](=O)[O-]. The number of piperidine rings is 1. The molecule has 2 heterocycles. The minimum absolute atomic E-state index is 0.0574. The third kappa shape index (κ3) is 4.96. The molecule has 10 heteroatoms. The van der Waals surface area contributed by atoms with E-state index >= 15 is 0 Å². The molecule has 3 aromatic rings. The molecule has 1 fully saturated rings. The number of anilines is 3. The zero-order valence-electron chi connectivity index (χ0n) is 20.2. The summed E-state index contributed by atoms with van der Waals surface area (Å²) in [6.07, 6.45) is 1.18. The molecule has 2 aliphatic rings. The van der Waals surface area contributed by atoms with Gasteiger partial charge in [-0.05, 0) is 65.9 Å². The second-order valence-electron chi connectivity index (χ2n) is 9.18. The Balaban J connectivity index is 1.40. The number of likely N-dealkylation sites (tertiary alicyclic amines) is 1. The molecule has 10 nitrogen and oxygen atoms in total. The average Bonchev–Trinajstić information content (AvgIpc) is 3.03. The number of nitrogens with zero attached hydrogens (tertiary/aromatic N) is 2. The van der Waals surface area contributed by atoms with Crippen molar-refractivity contribution in [1.82, 2.24) is 4.90 Å². The van der Waals surface area contributed by atoms with E-state index in [1.165, 1.54) is 13.2 Å². The molecule has 5 rings (SSSR count). The molecule has 0 bridgehead atoms. The summed E-state index contributed by atoms with van der Waals surface area (Å²) in [5, 5.41) is 27.3. The van der Waals surface area contributed by atoms with Crippen LogP contribution in [0, 0.1) is 10.1 Å². The molecule has 2 amide bonds. The summed E-state index contributed by atoms with van der Waals surface area (Å²) in [6, 6.07) is 15.3. The monoisotopic (exact) mass is 502 g/mol. The Morgan fingerprint density at radius 3 is 2.62 bits per heavy atom. The van der Waals surface area contributed by atoms with E-state index in [0.717, 1.165) is 17.5 Å². The first-order valence-electron chi connectivity index (χ1n) is 12.0. The van der Waals surface area contributed by atoms with Crippen molar-refractivity contribution in [3.8, 4) is 16.9 Å². The molecule has 0 aromatic heterocycles. The van der Waals surface area contributed by atoms with E-state index in [1.807, 2.05) is 18.2 Å². The van der Waals surface area contributed by atoms with Crippen LogP contribution < -0.4 is 15.4 Å². The molecule has 0 aliphatic carbocycles. The third-order valence-corrected chi connectivity index (χ3v) is 6.68. The number of carbonyl (C=O) groups is 2. The van der Waals surface area contributed by atoms with Crippen molar-refractivity contribution in [3.05, 3.63) is 75.8 Å². The molecule has 3 aromatic carbocycles. The van der Waals surface area contributed by atoms with Crippen LogP contribution >= 0.6 is 0 Å². The molecule has 0 radical (unpaired) electrons. The second-order valence-corrected chi connectivity index (χ2v) is 9.18. The van der Waals surface area contributed by atoms with Gasteiger partial charge >= 0.3 is 5.69 Å². The van der Waals surface area contributed by atoms with Gasteiger partial charge in [0.25, 0.3) is 5.91 Å². The first kappa shape index (κ1) is 24.3. The number of rotatable bonds is 5. The first-order valence-corrected chi connectivity index (χ1v) is 12.0. The number of carbonyl (C=O) groups excluding carboxylic acids is 2. The normalized spacial score (nSPS) is 16.5. The molecule has 190 valence electrons. The molecule has 0 spiro atoms. The zero-order valence-corrected chi connectivity index (χ0v) is 20.2. The van der Waals surface area contributed by atoms with Crippen LogP contribution in [-0.2, 0) is 11.2 Å². The number of hydrogen-bond acceptors (Lipinski definition) is 7. The minimum Gasteiger partial charge on any atom is -0.490 e. The summed E-state index contributed by atoms with van der Waals surface area (Å²) in [5.74, 6) is -0.204. The lowest BCUT2D eigenvalue weighted by Crippen LogP contribution is -2.42. The summed E-state index contributed by atoms with van der Waals surface area (Å²) in [4.78, 5) is 38.1. The minimum atomic E-state index is -0.500. The van der Waals surface area contributed by atoms with Gasteiger partial charge in [-0.1, -0.05) is 12.1 Å². The number of nitro benzene ring substituents is 1. The quantitative estimate of drug-likeness (QED) is 0.353. The lowest BCUT2D eigenvalue weighted by molar-refractivity contribution is -0.385. The summed E-state index contributed by atoms with van der Waals surface area (Å²) in [5.41, 5.74) is 4.34. The Labute approximate surface area is 213 Å². The summed E-state index contributed by atoms with van der Waals surface area (Å²) < 4.78 is 5.19. The number of nitrogens with one attached hydrogen (secondary N) is 2. The maximum Gasteiger partial charge on any atom is 0.310 e. The Bertz CT molecular complexity index is 1410. The number of methoxy groups -OCH3 is 1. The largest absolute Gasteiger partial charge is 0.490 e. The average molecular weight is 503 g/mol. The van der Waals surface area contributed by atoms with Crippen LogP contribution in [0.4, 0.5) is 22.7 Å². The lowest BCUT2D eigenvalue weighted by atomic mass is 10.0. The standard InChI is InChI=1S/C27H26N4O6/c1-37-25-14-18(6-9-24(25)31(35)36)17-5-7-20-22(13-17)28-21-8-4-16(11-23(21)29-27(20)34)12-26(33)30-10-2-3-19(32)15-30/h4-9,11,13-14,19,28,32H,2-3,10,12,15H2,1H3,(H,29,34). The van der Waals surface area contributed by atoms with Gasteiger partial charge in [0.2, 0.25) is 5.91 Å². The fraction of sp³-hybridized carbons (Fsp3) is 0.259. The molecule has 1 saturated heterocycles. The summed E-state index contributed by atoms with van der Waals surface area (Å²) >= 11 is 0. The molecule has 1 atom stereocenters. The van der Waals surface area contributed by atoms with Crippen molar-refractivity contribution in [2.24, 2.45) is 0 Å². The van der Waals surface area contributed by atoms with Crippen LogP contribution in [0.25, 0.3) is 11.1 Å². The predicted octanol–water partition coefficient (Wildman–Crippen LogP) is 4.11. The number of nitro groups is 1. The third-order valence-electron chi connectivity index (χ3n) is 6.68. The number of aliphatic hydroxyl groups excluding tert-OH is 1. The highest BCUT2D eigenvalue weighted by Gasteiger charge is 2.24. The highest BCUT2D eigenvalue weighted by molar-refractivity contribution is 6.12. The fourth-order valence-electron chi connectivity index (χ4n) is 4.75. The van der Waals surface area contributed by atoms with Crippen molar-refractivity contribution in [1.29, 1.82) is 0 Å². The van der Waals surface area contributed by atoms with E-state index in [2.05, 4.69) is 10.6 Å². The van der Waals surface area contributed by atoms with E-state index in [9.17, 15) is 24.8 Å². The Morgan fingerprint density at radius 1 is 1.08 bits per heavy atom. The van der Waals surface area contributed by atoms with Gasteiger partial charge in [0.15, 0.2) is 5.75 Å². The maximum absolute atomic E-state index is 13.0. The van der Waals surface area contributed by atoms with Gasteiger partial charge in [0, 0.05) is 19.2 Å². The van der Waals surface area contributed by atoms with Crippen LogP contribution in [0.1, 0.15) is 28.8 Å². The molecular weight excluding hydrogens is 476 g/mol. The molecule has 2 aliphatic heterocycles. The van der Waals surface area contributed by atoms with E-state index in [0.29, 0.717) is 47.7 Å². The number of β-amino-alcohol motifs (C(OH)–C–C–N with tert-alkyl or cyclic N) is 1. The zero-order chi connectivity index (χ0) is 26.1. The highest BCUT2D eigenvalue weighted by Crippen LogP contribution is 2.37. The number of benzene rings is 3. The van der Waals surface area contributed by atoms with Crippen molar-refractivity contribution < 1.29 is 24.4 Å². The topological polar surface area (TPSA) is 134 Å². The van der Waals surface area contributed by atoms with Gasteiger partial charge in [-0.15, -0.1) is 0 Å². The summed E-state index contributed by atoms with van der Waals surface area (Å²) in [7, 11) is 1.38. The van der Waals surface area contributed by atoms with Crippen molar-refractivity contribution in [3.63, 3.8) is 0 Å². The number of ether oxygens (including phenoxy) is 1. The van der Waals surface area contributed by atoms with Crippen LogP contribution in [0.2, 0.25) is 0 Å². The van der Waals surface area contributed by atoms with Crippen LogP contribution in [0.5, 0.6) is 5.75 Å². The number of amides is 2. The smallest absolute Gasteiger partial charge is 0.310 e. The van der Waals surface area contributed by atoms with Gasteiger partial charge in [-0.25, -0.2) is 0 Å². The maximum atomic E-state index is 13.0. The van der Waals surface area contributed by atoms with E-state index in [1.54, 1.807) is 35.2 Å². The van der Waals surface area contributed by atoms with Gasteiger partial charge < -0.3 is 25.4 Å². The molecule has 1 unspecified atom stereocenters. The highest BCUT2D eigenvalue weighted by atomic mass is 16.6. The molecule has 0 saturated carbocycles. The number of hydrogen-bond donors (Lipinski definition) is 3. The first-order chi connectivity index (χ1) is 17.8. The van der Waals surface area contributed by atoms with Crippen molar-refractivity contribution >= 4 is 34.6 Å². The second kappa shape index (κ2) is 9.90. The lowest BCUT2D eigenvalue weighted by Gasteiger charge is -2.30. The molecule has 3 N–H and O–H groups in total. The Morgan fingerprint density at radius 2 is 1.86 bits per heavy atom. The molecular formula is C27H26N4O6. The van der Waals surface area contributed by atoms with Crippen molar-refractivity contribution in [2.75, 3.05) is 30.8 Å². The number of fused-ring (bicyclic) bond motifs is 2. The van der Waals surface area contributed by atoms with Gasteiger partial charge in [0.05, 0.1) is 47.2 Å². The Hall–Kier alpha value is -4.44. The van der Waals surface area contributed by atoms with Gasteiger partial charge in [0.1, 0.15) is 0 Å². The molecule has 37 heavy (non-hydrogen) atoms. The fourth-order valence-corrected chi connectivity index (χ4v) is 4.75. The Kier molecular flexibility index (Phi) is 6.49. The predicted molar refractivity (Wildman–Crippen MR) is 138 cm³/mol. The number of aliphatic hydroxyl groups is 1. The van der Waals surface area contributed by atoms with Gasteiger partial charge in [-0.2, -0.15) is 0 Å². The van der Waals surface area contributed by atoms with E-state index in [-0.39, 0.29) is 29.7 Å². The van der Waals surface area contributed by atoms with E-state index < -0.39 is 11.0 Å². The van der Waals surface area contributed by atoms with Crippen LogP contribution in [-0.4, -0.2) is 53.0 Å². The van der Waals surface area contributed by atoms with Crippen LogP contribution in [0.3, 0.4) is 0 Å². The van der Waals surface area contributed by atoms with E-state index in [4.69, 9.17) is 4.74 Å². The van der Waals surface area contributed by atoms with Crippen LogP contribution in [0.15, 0.2) is 54.6 Å². The summed E-state index contributed by atoms with van der Waals surface area (Å²) in [6.45, 7) is 0.984. The van der Waals surface area contributed by atoms with Gasteiger partial charge in [-0.3, -0.25) is 19.7 Å².